The van der Waals surface area contributed by atoms with Crippen LogP contribution in [-0.4, -0.2) is 38.2 Å². The summed E-state index contributed by atoms with van der Waals surface area (Å²) >= 11 is 5.92. The summed E-state index contributed by atoms with van der Waals surface area (Å²) < 4.78 is 7.62. The highest BCUT2D eigenvalue weighted by atomic mass is 35.5. The van der Waals surface area contributed by atoms with E-state index in [1.807, 2.05) is 35.2 Å². The Morgan fingerprint density at radius 3 is 2.57 bits per heavy atom. The highest BCUT2D eigenvalue weighted by molar-refractivity contribution is 6.30. The molecule has 0 bridgehead atoms. The number of halogens is 1. The summed E-state index contributed by atoms with van der Waals surface area (Å²) in [4.78, 5) is 15.0. The van der Waals surface area contributed by atoms with Gasteiger partial charge in [-0.05, 0) is 56.2 Å². The zero-order chi connectivity index (χ0) is 19.5. The lowest BCUT2D eigenvalue weighted by atomic mass is 10.2. The molecule has 1 saturated heterocycles. The maximum absolute atomic E-state index is 13.1. The van der Waals surface area contributed by atoms with Crippen LogP contribution in [0.1, 0.15) is 36.2 Å². The van der Waals surface area contributed by atoms with Crippen LogP contribution < -0.4 is 4.74 Å². The maximum Gasteiger partial charge on any atom is 0.292 e. The third-order valence-electron chi connectivity index (χ3n) is 4.93. The van der Waals surface area contributed by atoms with Crippen molar-refractivity contribution in [1.82, 2.24) is 19.7 Å². The van der Waals surface area contributed by atoms with Gasteiger partial charge in [-0.25, -0.2) is 0 Å². The maximum atomic E-state index is 13.1. The molecule has 1 aliphatic rings. The SMILES string of the molecule is C[C@H]1CCCN1C(=O)c1nnc(COc2ccc(Cl)cc2)n1-c1ccccc1. The number of rotatable bonds is 5. The van der Waals surface area contributed by atoms with Crippen molar-refractivity contribution in [2.24, 2.45) is 0 Å². The van der Waals surface area contributed by atoms with Crippen molar-refractivity contribution in [3.8, 4) is 11.4 Å². The van der Waals surface area contributed by atoms with Gasteiger partial charge in [0.15, 0.2) is 5.82 Å². The van der Waals surface area contributed by atoms with Crippen molar-refractivity contribution >= 4 is 17.5 Å². The van der Waals surface area contributed by atoms with Crippen LogP contribution in [0.2, 0.25) is 5.02 Å². The molecule has 4 rings (SSSR count). The summed E-state index contributed by atoms with van der Waals surface area (Å²) in [7, 11) is 0. The van der Waals surface area contributed by atoms with Gasteiger partial charge < -0.3 is 9.64 Å². The van der Waals surface area contributed by atoms with E-state index in [9.17, 15) is 4.79 Å². The Balaban J connectivity index is 1.65. The van der Waals surface area contributed by atoms with Crippen LogP contribution in [0, 0.1) is 0 Å². The highest BCUT2D eigenvalue weighted by Crippen LogP contribution is 2.22. The lowest BCUT2D eigenvalue weighted by Gasteiger charge is -2.21. The number of aromatic nitrogens is 3. The Bertz CT molecular complexity index is 956. The minimum atomic E-state index is -0.0981. The number of amides is 1. The predicted octanol–water partition coefficient (Wildman–Crippen LogP) is 4.12. The summed E-state index contributed by atoms with van der Waals surface area (Å²) in [6.45, 7) is 3.00. The van der Waals surface area contributed by atoms with Gasteiger partial charge >= 0.3 is 0 Å². The third kappa shape index (κ3) is 3.73. The lowest BCUT2D eigenvalue weighted by molar-refractivity contribution is 0.0732. The fraction of sp³-hybridized carbons (Fsp3) is 0.286. The largest absolute Gasteiger partial charge is 0.486 e. The molecular formula is C21H21ClN4O2. The first kappa shape index (κ1) is 18.5. The Morgan fingerprint density at radius 1 is 1.14 bits per heavy atom. The number of ether oxygens (including phenoxy) is 1. The van der Waals surface area contributed by atoms with Gasteiger partial charge in [0.1, 0.15) is 12.4 Å². The molecule has 2 aromatic carbocycles. The van der Waals surface area contributed by atoms with Gasteiger partial charge in [-0.15, -0.1) is 10.2 Å². The molecule has 6 nitrogen and oxygen atoms in total. The second-order valence-corrected chi connectivity index (χ2v) is 7.28. The van der Waals surface area contributed by atoms with E-state index in [1.165, 1.54) is 0 Å². The molecule has 144 valence electrons. The lowest BCUT2D eigenvalue weighted by Crippen LogP contribution is -2.35. The molecule has 1 aliphatic heterocycles. The third-order valence-corrected chi connectivity index (χ3v) is 5.18. The fourth-order valence-electron chi connectivity index (χ4n) is 3.44. The summed E-state index contributed by atoms with van der Waals surface area (Å²) in [5.74, 6) is 1.46. The van der Waals surface area contributed by atoms with Gasteiger partial charge in [0, 0.05) is 23.3 Å². The van der Waals surface area contributed by atoms with Crippen LogP contribution >= 0.6 is 11.6 Å². The first-order valence-corrected chi connectivity index (χ1v) is 9.70. The van der Waals surface area contributed by atoms with E-state index >= 15 is 0 Å². The van der Waals surface area contributed by atoms with Crippen LogP contribution in [0.25, 0.3) is 5.69 Å². The molecule has 0 spiro atoms. The standard InChI is InChI=1S/C21H21ClN4O2/c1-15-6-5-13-25(15)21(27)20-24-23-19(26(20)17-7-3-2-4-8-17)14-28-18-11-9-16(22)10-12-18/h2-4,7-12,15H,5-6,13-14H2,1H3/t15-/m0/s1. The fourth-order valence-corrected chi connectivity index (χ4v) is 3.57. The van der Waals surface area contributed by atoms with Crippen LogP contribution in [-0.2, 0) is 6.61 Å². The highest BCUT2D eigenvalue weighted by Gasteiger charge is 2.30. The van der Waals surface area contributed by atoms with E-state index in [2.05, 4.69) is 17.1 Å². The van der Waals surface area contributed by atoms with E-state index < -0.39 is 0 Å². The van der Waals surface area contributed by atoms with Crippen molar-refractivity contribution in [2.45, 2.75) is 32.4 Å². The van der Waals surface area contributed by atoms with Crippen molar-refractivity contribution < 1.29 is 9.53 Å². The van der Waals surface area contributed by atoms with Gasteiger partial charge in [0.2, 0.25) is 5.82 Å². The van der Waals surface area contributed by atoms with Crippen LogP contribution in [0.5, 0.6) is 5.75 Å². The van der Waals surface area contributed by atoms with E-state index in [1.54, 1.807) is 28.8 Å². The number of carbonyl (C=O) groups excluding carboxylic acids is 1. The molecule has 1 atom stereocenters. The van der Waals surface area contributed by atoms with Crippen LogP contribution in [0.15, 0.2) is 54.6 Å². The van der Waals surface area contributed by atoms with Crippen LogP contribution in [0.3, 0.4) is 0 Å². The minimum Gasteiger partial charge on any atom is -0.486 e. The Hall–Kier alpha value is -2.86. The zero-order valence-electron chi connectivity index (χ0n) is 15.6. The minimum absolute atomic E-state index is 0.0981. The van der Waals surface area contributed by atoms with Crippen molar-refractivity contribution in [1.29, 1.82) is 0 Å². The van der Waals surface area contributed by atoms with Gasteiger partial charge in [-0.1, -0.05) is 29.8 Å². The second-order valence-electron chi connectivity index (χ2n) is 6.84. The Kier molecular flexibility index (Phi) is 5.30. The van der Waals surface area contributed by atoms with Gasteiger partial charge in [0.05, 0.1) is 0 Å². The molecule has 0 unspecified atom stereocenters. The Labute approximate surface area is 168 Å². The topological polar surface area (TPSA) is 60.3 Å². The van der Waals surface area contributed by atoms with Crippen molar-refractivity contribution in [2.75, 3.05) is 6.54 Å². The van der Waals surface area contributed by atoms with E-state index in [0.717, 1.165) is 25.1 Å². The Morgan fingerprint density at radius 2 is 1.89 bits per heavy atom. The molecule has 0 N–H and O–H groups in total. The monoisotopic (exact) mass is 396 g/mol. The molecule has 1 amide bonds. The van der Waals surface area contributed by atoms with Gasteiger partial charge in [-0.3, -0.25) is 9.36 Å². The quantitative estimate of drug-likeness (QED) is 0.650. The van der Waals surface area contributed by atoms with E-state index in [4.69, 9.17) is 16.3 Å². The molecule has 28 heavy (non-hydrogen) atoms. The zero-order valence-corrected chi connectivity index (χ0v) is 16.3. The number of likely N-dealkylation sites (tertiary alicyclic amines) is 1. The molecule has 3 aromatic rings. The summed E-state index contributed by atoms with van der Waals surface area (Å²) in [6.07, 6.45) is 2.02. The van der Waals surface area contributed by atoms with E-state index in [0.29, 0.717) is 22.4 Å². The van der Waals surface area contributed by atoms with Crippen LogP contribution in [0.4, 0.5) is 0 Å². The second kappa shape index (κ2) is 8.02. The molecule has 2 heterocycles. The summed E-state index contributed by atoms with van der Waals surface area (Å²) in [5, 5.41) is 9.12. The molecule has 1 aromatic heterocycles. The molecular weight excluding hydrogens is 376 g/mol. The van der Waals surface area contributed by atoms with Crippen molar-refractivity contribution in [3.63, 3.8) is 0 Å². The summed E-state index contributed by atoms with van der Waals surface area (Å²) in [5.41, 5.74) is 0.831. The number of nitrogens with zero attached hydrogens (tertiary/aromatic N) is 4. The molecule has 7 heteroatoms. The molecule has 0 radical (unpaired) electrons. The number of hydrogen-bond acceptors (Lipinski definition) is 4. The van der Waals surface area contributed by atoms with Gasteiger partial charge in [0.25, 0.3) is 5.91 Å². The summed E-state index contributed by atoms with van der Waals surface area (Å²) in [6, 6.07) is 17.0. The first-order chi connectivity index (χ1) is 13.6. The number of para-hydroxylation sites is 1. The van der Waals surface area contributed by atoms with Gasteiger partial charge in [-0.2, -0.15) is 0 Å². The first-order valence-electron chi connectivity index (χ1n) is 9.32. The number of hydrogen-bond donors (Lipinski definition) is 0. The smallest absolute Gasteiger partial charge is 0.292 e. The predicted molar refractivity (Wildman–Crippen MR) is 107 cm³/mol. The normalized spacial score (nSPS) is 16.4. The van der Waals surface area contributed by atoms with E-state index in [-0.39, 0.29) is 18.6 Å². The number of carbonyl (C=O) groups is 1. The average molecular weight is 397 g/mol. The molecule has 0 saturated carbocycles. The average Bonchev–Trinajstić information content (AvgIpc) is 3.34. The molecule has 1 fully saturated rings. The molecule has 0 aliphatic carbocycles. The van der Waals surface area contributed by atoms with Crippen molar-refractivity contribution in [3.05, 3.63) is 71.3 Å². The number of benzene rings is 2.